The molecule has 3 aromatic rings. The number of benzene rings is 2. The SMILES string of the molecule is CC(C)Oc1ccc(CNC(=O)c2cc3cccc4c3n2CCS4)cc1. The largest absolute Gasteiger partial charge is 0.491 e. The Balaban J connectivity index is 1.49. The van der Waals surface area contributed by atoms with E-state index in [1.807, 2.05) is 55.9 Å². The predicted octanol–water partition coefficient (Wildman–Crippen LogP) is 4.46. The Labute approximate surface area is 157 Å². The van der Waals surface area contributed by atoms with Gasteiger partial charge in [0.05, 0.1) is 11.6 Å². The Morgan fingerprint density at radius 1 is 1.23 bits per heavy atom. The summed E-state index contributed by atoms with van der Waals surface area (Å²) >= 11 is 1.86. The third kappa shape index (κ3) is 3.31. The van der Waals surface area contributed by atoms with Crippen molar-refractivity contribution in [3.8, 4) is 5.75 Å². The molecule has 134 valence electrons. The van der Waals surface area contributed by atoms with Gasteiger partial charge in [-0.15, -0.1) is 11.8 Å². The summed E-state index contributed by atoms with van der Waals surface area (Å²) in [7, 11) is 0. The minimum Gasteiger partial charge on any atom is -0.491 e. The van der Waals surface area contributed by atoms with Gasteiger partial charge in [0.25, 0.3) is 5.91 Å². The number of nitrogens with zero attached hydrogens (tertiary/aromatic N) is 1. The number of para-hydroxylation sites is 1. The predicted molar refractivity (Wildman–Crippen MR) is 106 cm³/mol. The summed E-state index contributed by atoms with van der Waals surface area (Å²) in [6.07, 6.45) is 0.157. The van der Waals surface area contributed by atoms with E-state index in [0.29, 0.717) is 6.54 Å². The topological polar surface area (TPSA) is 43.3 Å². The van der Waals surface area contributed by atoms with Crippen molar-refractivity contribution in [1.82, 2.24) is 9.88 Å². The van der Waals surface area contributed by atoms with Crippen LogP contribution in [-0.2, 0) is 13.1 Å². The van der Waals surface area contributed by atoms with Gasteiger partial charge in [-0.1, -0.05) is 24.3 Å². The fourth-order valence-electron chi connectivity index (χ4n) is 3.30. The highest BCUT2D eigenvalue weighted by Crippen LogP contribution is 2.34. The molecule has 4 nitrogen and oxygen atoms in total. The second kappa shape index (κ2) is 7.08. The Morgan fingerprint density at radius 3 is 2.81 bits per heavy atom. The van der Waals surface area contributed by atoms with E-state index >= 15 is 0 Å². The van der Waals surface area contributed by atoms with Crippen LogP contribution < -0.4 is 10.1 Å². The van der Waals surface area contributed by atoms with Crippen molar-refractivity contribution in [1.29, 1.82) is 0 Å². The average Bonchev–Trinajstić information content (AvgIpc) is 3.02. The number of carbonyl (C=O) groups is 1. The van der Waals surface area contributed by atoms with E-state index in [4.69, 9.17) is 4.74 Å². The number of aromatic nitrogens is 1. The van der Waals surface area contributed by atoms with Crippen molar-refractivity contribution in [2.75, 3.05) is 5.75 Å². The van der Waals surface area contributed by atoms with Crippen LogP contribution in [0.2, 0.25) is 0 Å². The molecule has 0 aliphatic carbocycles. The lowest BCUT2D eigenvalue weighted by Crippen LogP contribution is -2.26. The quantitative estimate of drug-likeness (QED) is 0.725. The minimum absolute atomic E-state index is 0.0263. The smallest absolute Gasteiger partial charge is 0.268 e. The molecule has 1 aromatic heterocycles. The molecule has 0 saturated carbocycles. The lowest BCUT2D eigenvalue weighted by atomic mass is 10.2. The third-order valence-corrected chi connectivity index (χ3v) is 5.46. The zero-order valence-corrected chi connectivity index (χ0v) is 15.8. The van der Waals surface area contributed by atoms with Crippen LogP contribution in [0.15, 0.2) is 53.4 Å². The number of hydrogen-bond acceptors (Lipinski definition) is 3. The van der Waals surface area contributed by atoms with E-state index in [-0.39, 0.29) is 12.0 Å². The number of nitrogens with one attached hydrogen (secondary N) is 1. The first-order chi connectivity index (χ1) is 12.6. The molecule has 1 aliphatic rings. The monoisotopic (exact) mass is 366 g/mol. The first-order valence-corrected chi connectivity index (χ1v) is 9.89. The number of aryl methyl sites for hydroxylation is 1. The van der Waals surface area contributed by atoms with Gasteiger partial charge < -0.3 is 14.6 Å². The van der Waals surface area contributed by atoms with Crippen molar-refractivity contribution in [2.24, 2.45) is 0 Å². The zero-order chi connectivity index (χ0) is 18.1. The molecule has 1 N–H and O–H groups in total. The molecule has 26 heavy (non-hydrogen) atoms. The Hall–Kier alpha value is -2.40. The lowest BCUT2D eigenvalue weighted by molar-refractivity contribution is 0.0942. The van der Waals surface area contributed by atoms with Gasteiger partial charge in [0.2, 0.25) is 0 Å². The van der Waals surface area contributed by atoms with Gasteiger partial charge in [0, 0.05) is 29.1 Å². The number of amides is 1. The van der Waals surface area contributed by atoms with Crippen molar-refractivity contribution in [2.45, 2.75) is 37.9 Å². The molecule has 0 radical (unpaired) electrons. The fraction of sp³-hybridized carbons (Fsp3) is 0.286. The van der Waals surface area contributed by atoms with Gasteiger partial charge in [0.1, 0.15) is 11.4 Å². The van der Waals surface area contributed by atoms with E-state index in [2.05, 4.69) is 28.1 Å². The standard InChI is InChI=1S/C21H22N2O2S/c1-14(2)25-17-8-6-15(7-9-17)13-22-21(24)18-12-16-4-3-5-19-20(16)23(18)10-11-26-19/h3-9,12,14H,10-11,13H2,1-2H3,(H,22,24). The van der Waals surface area contributed by atoms with Crippen LogP contribution in [0.1, 0.15) is 29.9 Å². The summed E-state index contributed by atoms with van der Waals surface area (Å²) in [4.78, 5) is 14.0. The van der Waals surface area contributed by atoms with Gasteiger partial charge in [-0.25, -0.2) is 0 Å². The van der Waals surface area contributed by atoms with Gasteiger partial charge in [-0.05, 0) is 43.7 Å². The molecule has 0 unspecified atom stereocenters. The second-order valence-corrected chi connectivity index (χ2v) is 7.85. The molecule has 0 spiro atoms. The lowest BCUT2D eigenvalue weighted by Gasteiger charge is -2.17. The maximum atomic E-state index is 12.8. The van der Waals surface area contributed by atoms with Crippen molar-refractivity contribution in [3.05, 3.63) is 59.8 Å². The van der Waals surface area contributed by atoms with Crippen LogP contribution in [0.5, 0.6) is 5.75 Å². The molecule has 1 amide bonds. The molecule has 0 fully saturated rings. The molecule has 0 bridgehead atoms. The molecule has 2 aromatic carbocycles. The van der Waals surface area contributed by atoms with Crippen molar-refractivity contribution in [3.63, 3.8) is 0 Å². The summed E-state index contributed by atoms with van der Waals surface area (Å²) in [6, 6.07) is 16.1. The summed E-state index contributed by atoms with van der Waals surface area (Å²) in [5.74, 6) is 1.82. The first-order valence-electron chi connectivity index (χ1n) is 8.90. The van der Waals surface area contributed by atoms with Crippen molar-refractivity contribution < 1.29 is 9.53 Å². The zero-order valence-electron chi connectivity index (χ0n) is 15.0. The minimum atomic E-state index is -0.0263. The molecule has 2 heterocycles. The molecule has 0 atom stereocenters. The van der Waals surface area contributed by atoms with E-state index in [0.717, 1.165) is 34.7 Å². The van der Waals surface area contributed by atoms with Gasteiger partial charge in [-0.3, -0.25) is 4.79 Å². The van der Waals surface area contributed by atoms with E-state index < -0.39 is 0 Å². The summed E-state index contributed by atoms with van der Waals surface area (Å²) < 4.78 is 7.80. The number of thioether (sulfide) groups is 1. The van der Waals surface area contributed by atoms with Gasteiger partial charge in [-0.2, -0.15) is 0 Å². The highest BCUT2D eigenvalue weighted by Gasteiger charge is 2.20. The molecule has 0 saturated heterocycles. The molecular formula is C21H22N2O2S. The number of hydrogen-bond donors (Lipinski definition) is 1. The molecular weight excluding hydrogens is 344 g/mol. The van der Waals surface area contributed by atoms with Crippen molar-refractivity contribution >= 4 is 28.6 Å². The van der Waals surface area contributed by atoms with Crippen LogP contribution >= 0.6 is 11.8 Å². The first kappa shape index (κ1) is 17.0. The Morgan fingerprint density at radius 2 is 2.04 bits per heavy atom. The highest BCUT2D eigenvalue weighted by molar-refractivity contribution is 7.99. The van der Waals surface area contributed by atoms with Gasteiger partial charge >= 0.3 is 0 Å². The average molecular weight is 366 g/mol. The van der Waals surface area contributed by atoms with Crippen LogP contribution in [-0.4, -0.2) is 22.3 Å². The summed E-state index contributed by atoms with van der Waals surface area (Å²) in [5.41, 5.74) is 2.98. The van der Waals surface area contributed by atoms with Crippen LogP contribution in [0.3, 0.4) is 0 Å². The maximum absolute atomic E-state index is 12.8. The third-order valence-electron chi connectivity index (χ3n) is 4.44. The van der Waals surface area contributed by atoms with Gasteiger partial charge in [0.15, 0.2) is 0 Å². The maximum Gasteiger partial charge on any atom is 0.268 e. The number of ether oxygens (including phenoxy) is 1. The normalized spacial score (nSPS) is 13.2. The number of carbonyl (C=O) groups excluding carboxylic acids is 1. The van der Waals surface area contributed by atoms with E-state index in [9.17, 15) is 4.79 Å². The Kier molecular flexibility index (Phi) is 4.64. The fourth-order valence-corrected chi connectivity index (χ4v) is 4.34. The Bertz CT molecular complexity index is 945. The van der Waals surface area contributed by atoms with Crippen LogP contribution in [0.25, 0.3) is 10.9 Å². The van der Waals surface area contributed by atoms with E-state index in [1.165, 1.54) is 10.4 Å². The molecule has 4 rings (SSSR count). The molecule has 1 aliphatic heterocycles. The van der Waals surface area contributed by atoms with Crippen LogP contribution in [0, 0.1) is 0 Å². The molecule has 5 heteroatoms. The second-order valence-electron chi connectivity index (χ2n) is 6.72. The highest BCUT2D eigenvalue weighted by atomic mass is 32.2. The number of rotatable bonds is 5. The van der Waals surface area contributed by atoms with E-state index in [1.54, 1.807) is 0 Å². The summed E-state index contributed by atoms with van der Waals surface area (Å²) in [6.45, 7) is 5.39. The summed E-state index contributed by atoms with van der Waals surface area (Å²) in [5, 5.41) is 4.18. The van der Waals surface area contributed by atoms with Crippen LogP contribution in [0.4, 0.5) is 0 Å².